The van der Waals surface area contributed by atoms with Gasteiger partial charge < -0.3 is 15.1 Å². The maximum Gasteiger partial charge on any atom is 0.272 e. The summed E-state index contributed by atoms with van der Waals surface area (Å²) < 4.78 is 0.797. The van der Waals surface area contributed by atoms with E-state index in [1.807, 2.05) is 0 Å². The molecule has 0 spiro atoms. The summed E-state index contributed by atoms with van der Waals surface area (Å²) in [5.41, 5.74) is 0.310. The van der Waals surface area contributed by atoms with Gasteiger partial charge in [-0.05, 0) is 28.1 Å². The molecule has 6 heteroatoms. The van der Waals surface area contributed by atoms with Gasteiger partial charge in [0.15, 0.2) is 0 Å². The molecule has 0 bridgehead atoms. The molecule has 0 aromatic carbocycles. The van der Waals surface area contributed by atoms with E-state index in [9.17, 15) is 15.0 Å². The Morgan fingerprint density at radius 3 is 2.50 bits per heavy atom. The Morgan fingerprint density at radius 2 is 2.00 bits per heavy atom. The van der Waals surface area contributed by atoms with Crippen molar-refractivity contribution in [2.24, 2.45) is 0 Å². The average Bonchev–Trinajstić information content (AvgIpc) is 2.59. The summed E-state index contributed by atoms with van der Waals surface area (Å²) >= 11 is 3.23. The second kappa shape index (κ2) is 4.48. The van der Waals surface area contributed by atoms with Crippen LogP contribution in [0.15, 0.2) is 22.8 Å². The van der Waals surface area contributed by atoms with Gasteiger partial charge in [0.2, 0.25) is 0 Å². The minimum absolute atomic E-state index is 0.151. The van der Waals surface area contributed by atoms with Crippen molar-refractivity contribution in [3.05, 3.63) is 28.5 Å². The molecule has 1 aromatic heterocycles. The molecule has 0 radical (unpaired) electrons. The van der Waals surface area contributed by atoms with Crippen molar-refractivity contribution in [2.45, 2.75) is 12.2 Å². The number of hydrogen-bond donors (Lipinski definition) is 2. The first kappa shape index (κ1) is 11.5. The van der Waals surface area contributed by atoms with Crippen molar-refractivity contribution < 1.29 is 15.0 Å². The molecule has 1 aliphatic heterocycles. The Morgan fingerprint density at radius 1 is 1.38 bits per heavy atom. The molecule has 2 atom stereocenters. The number of aliphatic hydroxyl groups is 2. The highest BCUT2D eigenvalue weighted by atomic mass is 79.9. The number of hydrogen-bond acceptors (Lipinski definition) is 4. The Bertz CT molecular complexity index is 386. The van der Waals surface area contributed by atoms with Crippen LogP contribution in [-0.4, -0.2) is 51.3 Å². The average molecular weight is 287 g/mol. The fraction of sp³-hybridized carbons (Fsp3) is 0.400. The number of rotatable bonds is 1. The zero-order valence-electron chi connectivity index (χ0n) is 8.38. The molecule has 1 amide bonds. The van der Waals surface area contributed by atoms with Gasteiger partial charge in [0.1, 0.15) is 5.69 Å². The molecule has 5 nitrogen and oxygen atoms in total. The summed E-state index contributed by atoms with van der Waals surface area (Å²) in [6, 6.07) is 3.33. The number of amides is 1. The number of carbonyl (C=O) groups is 1. The highest BCUT2D eigenvalue weighted by molar-refractivity contribution is 9.10. The largest absolute Gasteiger partial charge is 0.388 e. The van der Waals surface area contributed by atoms with Crippen molar-refractivity contribution in [3.63, 3.8) is 0 Å². The Labute approximate surface area is 101 Å². The summed E-state index contributed by atoms with van der Waals surface area (Å²) in [5, 5.41) is 18.7. The number of halogens is 1. The molecule has 1 aliphatic rings. The predicted molar refractivity (Wildman–Crippen MR) is 59.9 cm³/mol. The SMILES string of the molecule is O=C(c1ccc(Br)cn1)N1C[C@@H](O)[C@@H](O)C1. The number of nitrogens with zero attached hydrogens (tertiary/aromatic N) is 2. The molecule has 0 saturated carbocycles. The lowest BCUT2D eigenvalue weighted by atomic mass is 10.3. The van der Waals surface area contributed by atoms with Crippen LogP contribution in [0.25, 0.3) is 0 Å². The lowest BCUT2D eigenvalue weighted by molar-refractivity contribution is 0.0572. The molecular weight excluding hydrogens is 276 g/mol. The van der Waals surface area contributed by atoms with Gasteiger partial charge in [0, 0.05) is 23.8 Å². The standard InChI is InChI=1S/C10H11BrN2O3/c11-6-1-2-7(12-3-6)10(16)13-4-8(14)9(15)5-13/h1-3,8-9,14-15H,4-5H2/t8-,9+. The predicted octanol–water partition coefficient (Wildman–Crippen LogP) is 0.0217. The van der Waals surface area contributed by atoms with Gasteiger partial charge in [0.05, 0.1) is 12.2 Å². The van der Waals surface area contributed by atoms with Gasteiger partial charge in [-0.15, -0.1) is 0 Å². The molecule has 2 N–H and O–H groups in total. The Balaban J connectivity index is 2.11. The number of β-amino-alcohol motifs (C(OH)–C–C–N with tert-alkyl or cyclic N) is 2. The first-order valence-corrected chi connectivity index (χ1v) is 5.64. The first-order chi connectivity index (χ1) is 7.58. The van der Waals surface area contributed by atoms with E-state index in [-0.39, 0.29) is 19.0 Å². The minimum Gasteiger partial charge on any atom is -0.388 e. The molecular formula is C10H11BrN2O3. The van der Waals surface area contributed by atoms with Crippen LogP contribution < -0.4 is 0 Å². The summed E-state index contributed by atoms with van der Waals surface area (Å²) in [4.78, 5) is 17.2. The topological polar surface area (TPSA) is 73.7 Å². The van der Waals surface area contributed by atoms with E-state index in [0.29, 0.717) is 5.69 Å². The summed E-state index contributed by atoms with van der Waals surface area (Å²) in [7, 11) is 0. The van der Waals surface area contributed by atoms with Gasteiger partial charge in [-0.1, -0.05) is 0 Å². The lowest BCUT2D eigenvalue weighted by Crippen LogP contribution is -2.30. The normalized spacial score (nSPS) is 24.8. The summed E-state index contributed by atoms with van der Waals surface area (Å²) in [6.45, 7) is 0.301. The molecule has 2 rings (SSSR count). The Hall–Kier alpha value is -0.980. The highest BCUT2D eigenvalue weighted by Gasteiger charge is 2.33. The maximum atomic E-state index is 11.9. The molecule has 0 unspecified atom stereocenters. The van der Waals surface area contributed by atoms with Crippen molar-refractivity contribution in [3.8, 4) is 0 Å². The monoisotopic (exact) mass is 286 g/mol. The molecule has 2 heterocycles. The van der Waals surface area contributed by atoms with Crippen molar-refractivity contribution in [1.29, 1.82) is 0 Å². The van der Waals surface area contributed by atoms with E-state index in [2.05, 4.69) is 20.9 Å². The number of pyridine rings is 1. The maximum absolute atomic E-state index is 11.9. The van der Waals surface area contributed by atoms with Crippen LogP contribution in [0.5, 0.6) is 0 Å². The van der Waals surface area contributed by atoms with Crippen LogP contribution in [0, 0.1) is 0 Å². The van der Waals surface area contributed by atoms with E-state index in [4.69, 9.17) is 0 Å². The van der Waals surface area contributed by atoms with Gasteiger partial charge in [0.25, 0.3) is 5.91 Å². The van der Waals surface area contributed by atoms with E-state index < -0.39 is 12.2 Å². The fourth-order valence-corrected chi connectivity index (χ4v) is 1.83. The smallest absolute Gasteiger partial charge is 0.272 e. The van der Waals surface area contributed by atoms with Crippen LogP contribution in [0.4, 0.5) is 0 Å². The second-order valence-corrected chi connectivity index (χ2v) is 4.62. The quantitative estimate of drug-likeness (QED) is 0.764. The van der Waals surface area contributed by atoms with Crippen LogP contribution in [-0.2, 0) is 0 Å². The fourth-order valence-electron chi connectivity index (χ4n) is 1.60. The molecule has 0 aliphatic carbocycles. The number of likely N-dealkylation sites (tertiary alicyclic amines) is 1. The zero-order chi connectivity index (χ0) is 11.7. The minimum atomic E-state index is -0.862. The van der Waals surface area contributed by atoms with Crippen molar-refractivity contribution in [2.75, 3.05) is 13.1 Å². The van der Waals surface area contributed by atoms with Crippen LogP contribution >= 0.6 is 15.9 Å². The van der Waals surface area contributed by atoms with Crippen LogP contribution in [0.3, 0.4) is 0 Å². The van der Waals surface area contributed by atoms with E-state index in [1.54, 1.807) is 12.1 Å². The van der Waals surface area contributed by atoms with Crippen LogP contribution in [0.1, 0.15) is 10.5 Å². The number of aromatic nitrogens is 1. The van der Waals surface area contributed by atoms with Gasteiger partial charge >= 0.3 is 0 Å². The summed E-state index contributed by atoms with van der Waals surface area (Å²) in [5.74, 6) is -0.275. The third kappa shape index (κ3) is 2.23. The summed E-state index contributed by atoms with van der Waals surface area (Å²) in [6.07, 6.45) is -0.185. The lowest BCUT2D eigenvalue weighted by Gasteiger charge is -2.14. The molecule has 1 aromatic rings. The van der Waals surface area contributed by atoms with E-state index >= 15 is 0 Å². The van der Waals surface area contributed by atoms with E-state index in [0.717, 1.165) is 4.47 Å². The van der Waals surface area contributed by atoms with Gasteiger partial charge in [-0.25, -0.2) is 4.98 Å². The third-order valence-electron chi connectivity index (χ3n) is 2.49. The van der Waals surface area contributed by atoms with E-state index in [1.165, 1.54) is 11.1 Å². The highest BCUT2D eigenvalue weighted by Crippen LogP contribution is 2.14. The number of carbonyl (C=O) groups excluding carboxylic acids is 1. The molecule has 16 heavy (non-hydrogen) atoms. The number of aliphatic hydroxyl groups excluding tert-OH is 2. The van der Waals surface area contributed by atoms with Gasteiger partial charge in [-0.2, -0.15) is 0 Å². The molecule has 1 saturated heterocycles. The third-order valence-corrected chi connectivity index (χ3v) is 2.96. The first-order valence-electron chi connectivity index (χ1n) is 4.85. The van der Waals surface area contributed by atoms with Crippen LogP contribution in [0.2, 0.25) is 0 Å². The van der Waals surface area contributed by atoms with Crippen molar-refractivity contribution >= 4 is 21.8 Å². The van der Waals surface area contributed by atoms with Gasteiger partial charge in [-0.3, -0.25) is 4.79 Å². The molecule has 1 fully saturated rings. The van der Waals surface area contributed by atoms with Crippen molar-refractivity contribution in [1.82, 2.24) is 9.88 Å². The Kier molecular flexibility index (Phi) is 3.22. The zero-order valence-corrected chi connectivity index (χ0v) is 9.96. The second-order valence-electron chi connectivity index (χ2n) is 3.71. The molecule has 86 valence electrons.